The van der Waals surface area contributed by atoms with Gasteiger partial charge in [0.05, 0.1) is 15.6 Å². The summed E-state index contributed by atoms with van der Waals surface area (Å²) < 4.78 is 2.55. The molecule has 0 saturated heterocycles. The van der Waals surface area contributed by atoms with E-state index in [9.17, 15) is 9.59 Å². The van der Waals surface area contributed by atoms with Crippen LogP contribution in [-0.2, 0) is 11.3 Å². The van der Waals surface area contributed by atoms with Gasteiger partial charge in [0.25, 0.3) is 0 Å². The highest BCUT2D eigenvalue weighted by molar-refractivity contribution is 9.10. The summed E-state index contributed by atoms with van der Waals surface area (Å²) in [6.45, 7) is 0.0630. The van der Waals surface area contributed by atoms with Crippen molar-refractivity contribution >= 4 is 61.6 Å². The van der Waals surface area contributed by atoms with E-state index >= 15 is 0 Å². The van der Waals surface area contributed by atoms with Gasteiger partial charge in [0.15, 0.2) is 5.43 Å². The first kappa shape index (κ1) is 17.0. The molecule has 122 valence electrons. The Morgan fingerprint density at radius 1 is 1.08 bits per heavy atom. The highest BCUT2D eigenvalue weighted by atomic mass is 79.9. The lowest BCUT2D eigenvalue weighted by Crippen LogP contribution is -2.20. The van der Waals surface area contributed by atoms with Crippen molar-refractivity contribution in [1.82, 2.24) is 4.57 Å². The van der Waals surface area contributed by atoms with Gasteiger partial charge in [0.2, 0.25) is 5.91 Å². The molecule has 1 amide bonds. The van der Waals surface area contributed by atoms with E-state index in [0.717, 1.165) is 4.47 Å². The van der Waals surface area contributed by atoms with Crippen LogP contribution in [0.2, 0.25) is 10.0 Å². The number of hydrogen-bond acceptors (Lipinski definition) is 2. The second-order valence-electron chi connectivity index (χ2n) is 5.15. The molecule has 24 heavy (non-hydrogen) atoms. The van der Waals surface area contributed by atoms with Crippen molar-refractivity contribution in [3.8, 4) is 0 Å². The molecule has 0 bridgehead atoms. The van der Waals surface area contributed by atoms with Crippen LogP contribution < -0.4 is 10.7 Å². The molecule has 0 radical (unpaired) electrons. The molecule has 1 heterocycles. The molecule has 3 aromatic rings. The third kappa shape index (κ3) is 3.64. The van der Waals surface area contributed by atoms with Crippen LogP contribution in [-0.4, -0.2) is 10.5 Å². The number of aromatic nitrogens is 1. The first-order chi connectivity index (χ1) is 11.4. The maximum Gasteiger partial charge on any atom is 0.244 e. The summed E-state index contributed by atoms with van der Waals surface area (Å²) in [4.78, 5) is 24.2. The normalized spacial score (nSPS) is 10.8. The van der Waals surface area contributed by atoms with Crippen LogP contribution in [0.25, 0.3) is 10.9 Å². The van der Waals surface area contributed by atoms with Crippen molar-refractivity contribution in [2.75, 3.05) is 5.32 Å². The summed E-state index contributed by atoms with van der Waals surface area (Å²) in [6, 6.07) is 11.7. The predicted octanol–water partition coefficient (Wildman–Crippen LogP) is 4.71. The average molecular weight is 426 g/mol. The van der Waals surface area contributed by atoms with Crippen LogP contribution in [0.15, 0.2) is 57.9 Å². The zero-order valence-electron chi connectivity index (χ0n) is 12.2. The Balaban J connectivity index is 1.88. The van der Waals surface area contributed by atoms with Gasteiger partial charge < -0.3 is 9.88 Å². The average Bonchev–Trinajstić information content (AvgIpc) is 2.53. The van der Waals surface area contributed by atoms with Crippen molar-refractivity contribution < 1.29 is 4.79 Å². The maximum atomic E-state index is 12.3. The second kappa shape index (κ2) is 6.97. The number of hydrogen-bond donors (Lipinski definition) is 1. The standard InChI is InChI=1S/C17H11BrCl2N2O2/c18-10-1-3-12-15(7-10)22(6-5-16(12)23)9-17(24)21-11-2-4-13(19)14(20)8-11/h1-8H,9H2,(H,21,24). The Morgan fingerprint density at radius 3 is 2.62 bits per heavy atom. The molecular weight excluding hydrogens is 415 g/mol. The van der Waals surface area contributed by atoms with Gasteiger partial charge in [-0.05, 0) is 36.4 Å². The van der Waals surface area contributed by atoms with Crippen molar-refractivity contribution in [3.05, 3.63) is 73.4 Å². The molecule has 1 aromatic heterocycles. The predicted molar refractivity (Wildman–Crippen MR) is 101 cm³/mol. The quantitative estimate of drug-likeness (QED) is 0.660. The fraction of sp³-hybridized carbons (Fsp3) is 0.0588. The van der Waals surface area contributed by atoms with Gasteiger partial charge in [-0.3, -0.25) is 9.59 Å². The summed E-state index contributed by atoms with van der Waals surface area (Å²) in [5, 5.41) is 4.11. The number of rotatable bonds is 3. The summed E-state index contributed by atoms with van der Waals surface area (Å²) in [7, 11) is 0. The summed E-state index contributed by atoms with van der Waals surface area (Å²) >= 11 is 15.2. The van der Waals surface area contributed by atoms with E-state index in [1.807, 2.05) is 6.07 Å². The third-order valence-corrected chi connectivity index (χ3v) is 4.69. The fourth-order valence-electron chi connectivity index (χ4n) is 2.35. The van der Waals surface area contributed by atoms with Crippen molar-refractivity contribution in [2.45, 2.75) is 6.54 Å². The van der Waals surface area contributed by atoms with Gasteiger partial charge in [0, 0.05) is 27.8 Å². The van der Waals surface area contributed by atoms with E-state index in [1.165, 1.54) is 6.07 Å². The summed E-state index contributed by atoms with van der Waals surface area (Å²) in [5.41, 5.74) is 1.15. The Hall–Kier alpha value is -1.82. The van der Waals surface area contributed by atoms with E-state index in [4.69, 9.17) is 23.2 Å². The lowest BCUT2D eigenvalue weighted by molar-refractivity contribution is -0.116. The molecule has 0 aliphatic carbocycles. The van der Waals surface area contributed by atoms with E-state index in [1.54, 1.807) is 41.1 Å². The number of nitrogens with zero attached hydrogens (tertiary/aromatic N) is 1. The number of amides is 1. The van der Waals surface area contributed by atoms with Crippen LogP contribution in [0.1, 0.15) is 0 Å². The summed E-state index contributed by atoms with van der Waals surface area (Å²) in [5.74, 6) is -0.238. The largest absolute Gasteiger partial charge is 0.338 e. The Labute approximate surface area is 156 Å². The molecule has 0 aliphatic rings. The molecule has 3 rings (SSSR count). The van der Waals surface area contributed by atoms with E-state index in [-0.39, 0.29) is 17.9 Å². The second-order valence-corrected chi connectivity index (χ2v) is 6.88. The van der Waals surface area contributed by atoms with Gasteiger partial charge in [-0.2, -0.15) is 0 Å². The molecule has 0 spiro atoms. The first-order valence-corrected chi connectivity index (χ1v) is 8.52. The van der Waals surface area contributed by atoms with Crippen LogP contribution in [0.5, 0.6) is 0 Å². The van der Waals surface area contributed by atoms with Gasteiger partial charge >= 0.3 is 0 Å². The number of carbonyl (C=O) groups excluding carboxylic acids is 1. The maximum absolute atomic E-state index is 12.3. The Morgan fingerprint density at radius 2 is 1.88 bits per heavy atom. The summed E-state index contributed by atoms with van der Waals surface area (Å²) in [6.07, 6.45) is 1.60. The smallest absolute Gasteiger partial charge is 0.244 e. The van der Waals surface area contributed by atoms with Crippen LogP contribution in [0.4, 0.5) is 5.69 Å². The van der Waals surface area contributed by atoms with Crippen molar-refractivity contribution in [1.29, 1.82) is 0 Å². The lowest BCUT2D eigenvalue weighted by Gasteiger charge is -2.12. The van der Waals surface area contributed by atoms with Crippen LogP contribution in [0, 0.1) is 0 Å². The third-order valence-electron chi connectivity index (χ3n) is 3.46. The zero-order valence-corrected chi connectivity index (χ0v) is 15.3. The highest BCUT2D eigenvalue weighted by Gasteiger charge is 2.09. The van der Waals surface area contributed by atoms with Crippen molar-refractivity contribution in [2.24, 2.45) is 0 Å². The SMILES string of the molecule is O=C(Cn1ccc(=O)c2ccc(Br)cc21)Nc1ccc(Cl)c(Cl)c1. The number of anilines is 1. The number of fused-ring (bicyclic) bond motifs is 1. The molecule has 2 aromatic carbocycles. The monoisotopic (exact) mass is 424 g/mol. The van der Waals surface area contributed by atoms with E-state index in [0.29, 0.717) is 26.6 Å². The molecule has 0 unspecified atom stereocenters. The van der Waals surface area contributed by atoms with Crippen LogP contribution in [0.3, 0.4) is 0 Å². The highest BCUT2D eigenvalue weighted by Crippen LogP contribution is 2.25. The molecular formula is C17H11BrCl2N2O2. The van der Waals surface area contributed by atoms with E-state index < -0.39 is 0 Å². The Kier molecular flexibility index (Phi) is 4.94. The number of halogens is 3. The Bertz CT molecular complexity index is 1000. The number of nitrogens with one attached hydrogen (secondary N) is 1. The fourth-order valence-corrected chi connectivity index (χ4v) is 2.99. The van der Waals surface area contributed by atoms with Gasteiger partial charge in [-0.15, -0.1) is 0 Å². The molecule has 1 N–H and O–H groups in total. The minimum atomic E-state index is -0.238. The molecule has 0 saturated carbocycles. The molecule has 0 fully saturated rings. The number of benzene rings is 2. The molecule has 4 nitrogen and oxygen atoms in total. The van der Waals surface area contributed by atoms with E-state index in [2.05, 4.69) is 21.2 Å². The van der Waals surface area contributed by atoms with Gasteiger partial charge in [-0.25, -0.2) is 0 Å². The van der Waals surface area contributed by atoms with Crippen LogP contribution >= 0.6 is 39.1 Å². The molecule has 7 heteroatoms. The number of pyridine rings is 1. The minimum Gasteiger partial charge on any atom is -0.338 e. The number of carbonyl (C=O) groups is 1. The minimum absolute atomic E-state index is 0.0630. The lowest BCUT2D eigenvalue weighted by atomic mass is 10.2. The topological polar surface area (TPSA) is 51.1 Å². The molecule has 0 atom stereocenters. The van der Waals surface area contributed by atoms with Crippen molar-refractivity contribution in [3.63, 3.8) is 0 Å². The van der Waals surface area contributed by atoms with Gasteiger partial charge in [0.1, 0.15) is 6.54 Å². The first-order valence-electron chi connectivity index (χ1n) is 6.97. The van der Waals surface area contributed by atoms with Gasteiger partial charge in [-0.1, -0.05) is 39.1 Å². The zero-order chi connectivity index (χ0) is 17.3. The molecule has 0 aliphatic heterocycles.